The van der Waals surface area contributed by atoms with E-state index in [-0.39, 0.29) is 0 Å². The van der Waals surface area contributed by atoms with Gasteiger partial charge in [-0.1, -0.05) is 20.8 Å². The summed E-state index contributed by atoms with van der Waals surface area (Å²) in [6.45, 7) is 12.3. The minimum absolute atomic E-state index is 0.403. The van der Waals surface area contributed by atoms with Gasteiger partial charge < -0.3 is 10.2 Å². The van der Waals surface area contributed by atoms with Crippen LogP contribution in [0.1, 0.15) is 58.4 Å². The van der Waals surface area contributed by atoms with Gasteiger partial charge in [-0.3, -0.25) is 0 Å². The van der Waals surface area contributed by atoms with Crippen LogP contribution < -0.4 is 10.2 Å². The largest absolute Gasteiger partial charge is 0.348 e. The molecule has 0 bridgehead atoms. The fourth-order valence-corrected chi connectivity index (χ4v) is 3.14. The van der Waals surface area contributed by atoms with Crippen molar-refractivity contribution in [1.82, 2.24) is 10.3 Å². The smallest absolute Gasteiger partial charge is 0.185 e. The Bertz CT molecular complexity index is 362. The summed E-state index contributed by atoms with van der Waals surface area (Å²) in [5.74, 6) is 0.724. The highest BCUT2D eigenvalue weighted by Gasteiger charge is 2.16. The summed E-state index contributed by atoms with van der Waals surface area (Å²) in [6.07, 6.45) is 4.39. The molecule has 0 spiro atoms. The maximum atomic E-state index is 4.58. The second kappa shape index (κ2) is 7.85. The molecule has 110 valence electrons. The van der Waals surface area contributed by atoms with Crippen molar-refractivity contribution in [3.63, 3.8) is 0 Å². The first-order valence-electron chi connectivity index (χ1n) is 7.37. The van der Waals surface area contributed by atoms with Crippen molar-refractivity contribution in [2.24, 2.45) is 5.92 Å². The van der Waals surface area contributed by atoms with Crippen molar-refractivity contribution < 1.29 is 0 Å². The van der Waals surface area contributed by atoms with E-state index in [0.29, 0.717) is 12.1 Å². The van der Waals surface area contributed by atoms with E-state index in [1.165, 1.54) is 17.7 Å². The maximum absolute atomic E-state index is 4.58. The molecular formula is C15H29N3S. The number of anilines is 1. The Morgan fingerprint density at radius 2 is 2.00 bits per heavy atom. The van der Waals surface area contributed by atoms with E-state index >= 15 is 0 Å². The number of rotatable bonds is 8. The number of nitrogens with one attached hydrogen (secondary N) is 1. The number of aromatic nitrogens is 1. The molecule has 0 radical (unpaired) electrons. The molecule has 0 aliphatic heterocycles. The molecular weight excluding hydrogens is 254 g/mol. The Balaban J connectivity index is 2.62. The summed E-state index contributed by atoms with van der Waals surface area (Å²) in [5, 5.41) is 4.65. The predicted octanol–water partition coefficient (Wildman–Crippen LogP) is 4.07. The second-order valence-corrected chi connectivity index (χ2v) is 6.85. The highest BCUT2D eigenvalue weighted by Crippen LogP contribution is 2.28. The van der Waals surface area contributed by atoms with Crippen LogP contribution in [0.15, 0.2) is 6.20 Å². The first-order chi connectivity index (χ1) is 8.95. The number of hydrogen-bond donors (Lipinski definition) is 1. The van der Waals surface area contributed by atoms with Crippen molar-refractivity contribution in [1.29, 1.82) is 0 Å². The van der Waals surface area contributed by atoms with Crippen LogP contribution in [0.3, 0.4) is 0 Å². The molecule has 0 aromatic carbocycles. The monoisotopic (exact) mass is 283 g/mol. The van der Waals surface area contributed by atoms with E-state index in [9.17, 15) is 0 Å². The fraction of sp³-hybridized carbons (Fsp3) is 0.800. The zero-order valence-electron chi connectivity index (χ0n) is 13.2. The second-order valence-electron chi connectivity index (χ2n) is 5.81. The Morgan fingerprint density at radius 3 is 2.58 bits per heavy atom. The third-order valence-electron chi connectivity index (χ3n) is 3.41. The van der Waals surface area contributed by atoms with E-state index in [1.54, 1.807) is 0 Å². The van der Waals surface area contributed by atoms with Crippen molar-refractivity contribution in [2.75, 3.05) is 18.5 Å². The maximum Gasteiger partial charge on any atom is 0.185 e. The van der Waals surface area contributed by atoms with Crippen molar-refractivity contribution in [3.8, 4) is 0 Å². The normalized spacial score (nSPS) is 14.7. The molecule has 3 nitrogen and oxygen atoms in total. The Hall–Kier alpha value is -0.610. The van der Waals surface area contributed by atoms with E-state index in [4.69, 9.17) is 0 Å². The van der Waals surface area contributed by atoms with Gasteiger partial charge in [0.15, 0.2) is 5.13 Å². The summed E-state index contributed by atoms with van der Waals surface area (Å²) in [6, 6.07) is 0.943. The minimum atomic E-state index is 0.403. The van der Waals surface area contributed by atoms with Gasteiger partial charge in [-0.05, 0) is 39.2 Å². The van der Waals surface area contributed by atoms with Crippen molar-refractivity contribution >= 4 is 16.5 Å². The molecule has 2 unspecified atom stereocenters. The molecule has 1 aromatic rings. The van der Waals surface area contributed by atoms with Gasteiger partial charge in [0.2, 0.25) is 0 Å². The quantitative estimate of drug-likeness (QED) is 0.779. The van der Waals surface area contributed by atoms with E-state index < -0.39 is 0 Å². The van der Waals surface area contributed by atoms with Gasteiger partial charge in [-0.25, -0.2) is 4.98 Å². The van der Waals surface area contributed by atoms with Crippen LogP contribution in [-0.4, -0.2) is 24.6 Å². The lowest BCUT2D eigenvalue weighted by Gasteiger charge is -2.25. The molecule has 0 aliphatic rings. The number of hydrogen-bond acceptors (Lipinski definition) is 4. The highest BCUT2D eigenvalue weighted by atomic mass is 32.1. The molecule has 0 fully saturated rings. The Labute approximate surface area is 122 Å². The number of nitrogens with zero attached hydrogens (tertiary/aromatic N) is 2. The third-order valence-corrected chi connectivity index (χ3v) is 4.68. The van der Waals surface area contributed by atoms with Crippen molar-refractivity contribution in [3.05, 3.63) is 11.1 Å². The summed E-state index contributed by atoms with van der Waals surface area (Å²) < 4.78 is 0. The van der Waals surface area contributed by atoms with Gasteiger partial charge in [0, 0.05) is 30.2 Å². The van der Waals surface area contributed by atoms with Gasteiger partial charge in [-0.2, -0.15) is 0 Å². The van der Waals surface area contributed by atoms with Crippen LogP contribution in [-0.2, 0) is 0 Å². The van der Waals surface area contributed by atoms with Gasteiger partial charge in [0.25, 0.3) is 0 Å². The van der Waals surface area contributed by atoms with Gasteiger partial charge >= 0.3 is 0 Å². The van der Waals surface area contributed by atoms with Gasteiger partial charge in [0.05, 0.1) is 0 Å². The Kier molecular flexibility index (Phi) is 6.80. The summed E-state index contributed by atoms with van der Waals surface area (Å²) in [4.78, 5) is 8.21. The lowest BCUT2D eigenvalue weighted by Crippen LogP contribution is -2.29. The lowest BCUT2D eigenvalue weighted by molar-refractivity contribution is 0.504. The molecule has 19 heavy (non-hydrogen) atoms. The summed E-state index contributed by atoms with van der Waals surface area (Å²) >= 11 is 1.81. The summed E-state index contributed by atoms with van der Waals surface area (Å²) in [7, 11) is 2.15. The number of thiazole rings is 1. The van der Waals surface area contributed by atoms with Crippen LogP contribution in [0, 0.1) is 5.92 Å². The molecule has 1 rings (SSSR count). The molecule has 0 aliphatic carbocycles. The van der Waals surface area contributed by atoms with Crippen LogP contribution in [0.5, 0.6) is 0 Å². The highest BCUT2D eigenvalue weighted by molar-refractivity contribution is 7.15. The lowest BCUT2D eigenvalue weighted by atomic mass is 10.0. The average Bonchev–Trinajstić information content (AvgIpc) is 2.83. The van der Waals surface area contributed by atoms with Crippen LogP contribution in [0.4, 0.5) is 5.13 Å². The van der Waals surface area contributed by atoms with Gasteiger partial charge in [-0.15, -0.1) is 11.3 Å². The average molecular weight is 283 g/mol. The fourth-order valence-electron chi connectivity index (χ4n) is 2.13. The molecule has 1 heterocycles. The van der Waals surface area contributed by atoms with Crippen LogP contribution in [0.25, 0.3) is 0 Å². The van der Waals surface area contributed by atoms with E-state index in [0.717, 1.165) is 17.6 Å². The first-order valence-corrected chi connectivity index (χ1v) is 8.19. The standard InChI is InChI=1S/C15H29N3S/c1-7-8-16-13(5)14-10-17-15(19-14)18(6)12(4)9-11(2)3/h10-13,16H,7-9H2,1-6H3. The molecule has 0 saturated carbocycles. The van der Waals surface area contributed by atoms with Crippen LogP contribution >= 0.6 is 11.3 Å². The molecule has 4 heteroatoms. The first kappa shape index (κ1) is 16.4. The summed E-state index contributed by atoms with van der Waals surface area (Å²) in [5.41, 5.74) is 0. The van der Waals surface area contributed by atoms with Gasteiger partial charge in [0.1, 0.15) is 0 Å². The molecule has 1 aromatic heterocycles. The molecule has 0 saturated heterocycles. The zero-order valence-corrected chi connectivity index (χ0v) is 14.0. The van der Waals surface area contributed by atoms with Crippen LogP contribution in [0.2, 0.25) is 0 Å². The van der Waals surface area contributed by atoms with E-state index in [2.05, 4.69) is 56.9 Å². The molecule has 1 N–H and O–H groups in total. The molecule has 0 amide bonds. The zero-order chi connectivity index (χ0) is 14.4. The SMILES string of the molecule is CCCNC(C)c1cnc(N(C)C(C)CC(C)C)s1. The predicted molar refractivity (Wildman–Crippen MR) is 86.1 cm³/mol. The van der Waals surface area contributed by atoms with E-state index in [1.807, 2.05) is 17.5 Å². The molecule has 2 atom stereocenters. The third kappa shape index (κ3) is 5.11. The topological polar surface area (TPSA) is 28.2 Å². The Morgan fingerprint density at radius 1 is 1.32 bits per heavy atom. The van der Waals surface area contributed by atoms with Crippen molar-refractivity contribution in [2.45, 2.75) is 59.5 Å². The minimum Gasteiger partial charge on any atom is -0.348 e.